The number of aliphatic hydroxyl groups excluding tert-OH is 3. The van der Waals surface area contributed by atoms with Crippen LogP contribution in [-0.2, 0) is 19.0 Å². The van der Waals surface area contributed by atoms with Crippen molar-refractivity contribution in [3.8, 4) is 0 Å². The van der Waals surface area contributed by atoms with Crippen LogP contribution in [0.3, 0.4) is 0 Å². The predicted octanol–water partition coefficient (Wildman–Crippen LogP) is -1.63. The molecule has 0 aromatic rings. The highest BCUT2D eigenvalue weighted by molar-refractivity contribution is 5.73. The first-order chi connectivity index (χ1) is 10.0. The van der Waals surface area contributed by atoms with Crippen LogP contribution in [0.2, 0.25) is 0 Å². The molecule has 1 saturated heterocycles. The average Bonchev–Trinajstić information content (AvgIpc) is 2.45. The van der Waals surface area contributed by atoms with Gasteiger partial charge in [-0.05, 0) is 6.42 Å². The average molecular weight is 307 g/mol. The third-order valence-electron chi connectivity index (χ3n) is 3.11. The quantitative estimate of drug-likeness (QED) is 0.398. The van der Waals surface area contributed by atoms with Crippen molar-refractivity contribution < 1.29 is 34.3 Å². The molecular weight excluding hydrogens is 282 g/mol. The highest BCUT2D eigenvalue weighted by atomic mass is 16.7. The number of rotatable bonds is 8. The van der Waals surface area contributed by atoms with Gasteiger partial charge < -0.3 is 34.8 Å². The number of nitrogens with one attached hydrogen (secondary N) is 1. The Labute approximate surface area is 124 Å². The van der Waals surface area contributed by atoms with Crippen LogP contribution in [0.15, 0.2) is 0 Å². The first-order valence-corrected chi connectivity index (χ1v) is 7.10. The first kappa shape index (κ1) is 18.3. The van der Waals surface area contributed by atoms with E-state index in [9.17, 15) is 15.0 Å². The maximum absolute atomic E-state index is 11.2. The van der Waals surface area contributed by atoms with Crippen molar-refractivity contribution >= 4 is 5.91 Å². The van der Waals surface area contributed by atoms with Crippen molar-refractivity contribution in [2.75, 3.05) is 26.4 Å². The third kappa shape index (κ3) is 5.50. The van der Waals surface area contributed by atoms with Crippen molar-refractivity contribution in [1.82, 2.24) is 5.32 Å². The largest absolute Gasteiger partial charge is 0.394 e. The lowest BCUT2D eigenvalue weighted by Gasteiger charge is -2.42. The molecule has 0 saturated carbocycles. The molecule has 21 heavy (non-hydrogen) atoms. The van der Waals surface area contributed by atoms with Crippen molar-refractivity contribution in [2.24, 2.45) is 0 Å². The molecule has 0 aliphatic carbocycles. The zero-order chi connectivity index (χ0) is 15.8. The smallest absolute Gasteiger partial charge is 0.217 e. The molecule has 1 amide bonds. The normalized spacial score (nSPS) is 32.9. The second-order valence-electron chi connectivity index (χ2n) is 4.92. The Bertz CT molecular complexity index is 315. The van der Waals surface area contributed by atoms with E-state index in [1.165, 1.54) is 6.92 Å². The predicted molar refractivity (Wildman–Crippen MR) is 72.4 cm³/mol. The van der Waals surface area contributed by atoms with E-state index < -0.39 is 37.3 Å². The Kier molecular flexibility index (Phi) is 8.09. The third-order valence-corrected chi connectivity index (χ3v) is 3.11. The van der Waals surface area contributed by atoms with Gasteiger partial charge in [-0.15, -0.1) is 0 Å². The molecule has 0 bridgehead atoms. The van der Waals surface area contributed by atoms with Crippen LogP contribution in [0.4, 0.5) is 0 Å². The minimum atomic E-state index is -1.30. The van der Waals surface area contributed by atoms with E-state index in [1.54, 1.807) is 0 Å². The summed E-state index contributed by atoms with van der Waals surface area (Å²) < 4.78 is 16.1. The number of carbonyl (C=O) groups excluding carboxylic acids is 1. The van der Waals surface area contributed by atoms with Gasteiger partial charge in [-0.2, -0.15) is 0 Å². The second-order valence-corrected chi connectivity index (χ2v) is 4.92. The summed E-state index contributed by atoms with van der Waals surface area (Å²) in [6.07, 6.45) is -3.63. The zero-order valence-electron chi connectivity index (χ0n) is 12.4. The van der Waals surface area contributed by atoms with E-state index in [2.05, 4.69) is 5.32 Å². The number of carbonyl (C=O) groups is 1. The number of ether oxygens (including phenoxy) is 3. The molecule has 0 unspecified atom stereocenters. The molecule has 1 aliphatic rings. The lowest BCUT2D eigenvalue weighted by atomic mass is 9.97. The van der Waals surface area contributed by atoms with Gasteiger partial charge in [0.15, 0.2) is 6.29 Å². The monoisotopic (exact) mass is 307 g/mol. The fourth-order valence-electron chi connectivity index (χ4n) is 2.08. The molecule has 4 N–H and O–H groups in total. The van der Waals surface area contributed by atoms with E-state index in [0.29, 0.717) is 13.2 Å². The summed E-state index contributed by atoms with van der Waals surface area (Å²) in [5.41, 5.74) is 0. The van der Waals surface area contributed by atoms with Crippen LogP contribution in [-0.4, -0.2) is 78.3 Å². The highest BCUT2D eigenvalue weighted by Gasteiger charge is 2.45. The van der Waals surface area contributed by atoms with Crippen molar-refractivity contribution in [3.05, 3.63) is 0 Å². The van der Waals surface area contributed by atoms with Crippen LogP contribution in [0.1, 0.15) is 20.3 Å². The van der Waals surface area contributed by atoms with Crippen molar-refractivity contribution in [3.63, 3.8) is 0 Å². The summed E-state index contributed by atoms with van der Waals surface area (Å²) in [7, 11) is 0. The van der Waals surface area contributed by atoms with E-state index in [1.807, 2.05) is 6.92 Å². The van der Waals surface area contributed by atoms with Gasteiger partial charge in [-0.25, -0.2) is 0 Å². The topological polar surface area (TPSA) is 117 Å². The summed E-state index contributed by atoms with van der Waals surface area (Å²) in [4.78, 5) is 11.2. The molecule has 8 heteroatoms. The van der Waals surface area contributed by atoms with Crippen LogP contribution in [0, 0.1) is 0 Å². The van der Waals surface area contributed by atoms with Gasteiger partial charge in [0.1, 0.15) is 24.4 Å². The van der Waals surface area contributed by atoms with Crippen LogP contribution in [0.5, 0.6) is 0 Å². The fourth-order valence-corrected chi connectivity index (χ4v) is 2.08. The number of amides is 1. The number of aliphatic hydroxyl groups is 3. The van der Waals surface area contributed by atoms with Crippen LogP contribution < -0.4 is 5.32 Å². The van der Waals surface area contributed by atoms with Crippen LogP contribution in [0.25, 0.3) is 0 Å². The summed E-state index contributed by atoms with van der Waals surface area (Å²) in [6.45, 7) is 3.99. The van der Waals surface area contributed by atoms with E-state index in [0.717, 1.165) is 6.42 Å². The SMILES string of the molecule is CCCOCCO[C@@H]1O[C@@H](CO)[C@@H](O)[C@@H](O)[C@@H]1NC(C)=O. The summed E-state index contributed by atoms with van der Waals surface area (Å²) in [6, 6.07) is -0.911. The zero-order valence-corrected chi connectivity index (χ0v) is 12.4. The molecular formula is C13H25NO7. The van der Waals surface area contributed by atoms with E-state index >= 15 is 0 Å². The highest BCUT2D eigenvalue weighted by Crippen LogP contribution is 2.22. The Morgan fingerprint density at radius 1 is 1.24 bits per heavy atom. The lowest BCUT2D eigenvalue weighted by Crippen LogP contribution is -2.64. The first-order valence-electron chi connectivity index (χ1n) is 7.10. The molecule has 5 atom stereocenters. The summed E-state index contributed by atoms with van der Waals surface area (Å²) >= 11 is 0. The lowest BCUT2D eigenvalue weighted by molar-refractivity contribution is -0.272. The van der Waals surface area contributed by atoms with Gasteiger partial charge in [0.2, 0.25) is 5.91 Å². The van der Waals surface area contributed by atoms with Crippen molar-refractivity contribution in [1.29, 1.82) is 0 Å². The number of hydrogen-bond acceptors (Lipinski definition) is 7. The molecule has 124 valence electrons. The maximum Gasteiger partial charge on any atom is 0.217 e. The van der Waals surface area contributed by atoms with Crippen LogP contribution >= 0.6 is 0 Å². The van der Waals surface area contributed by atoms with E-state index in [4.69, 9.17) is 19.3 Å². The van der Waals surface area contributed by atoms with Gasteiger partial charge in [0, 0.05) is 13.5 Å². The number of hydrogen-bond donors (Lipinski definition) is 4. The van der Waals surface area contributed by atoms with Gasteiger partial charge in [-0.3, -0.25) is 4.79 Å². The van der Waals surface area contributed by atoms with E-state index in [-0.39, 0.29) is 12.5 Å². The van der Waals surface area contributed by atoms with Crippen molar-refractivity contribution in [2.45, 2.75) is 50.9 Å². The molecule has 1 rings (SSSR count). The molecule has 8 nitrogen and oxygen atoms in total. The van der Waals surface area contributed by atoms with Gasteiger partial charge in [-0.1, -0.05) is 6.92 Å². The van der Waals surface area contributed by atoms with Gasteiger partial charge in [0.25, 0.3) is 0 Å². The molecule has 1 fully saturated rings. The summed E-state index contributed by atoms with van der Waals surface area (Å²) in [5.74, 6) is -0.381. The Hall–Kier alpha value is -0.770. The molecule has 0 spiro atoms. The maximum atomic E-state index is 11.2. The minimum absolute atomic E-state index is 0.210. The Balaban J connectivity index is 2.58. The molecule has 1 heterocycles. The molecule has 0 aromatic carbocycles. The molecule has 1 aliphatic heterocycles. The van der Waals surface area contributed by atoms with Gasteiger partial charge in [0.05, 0.1) is 19.8 Å². The van der Waals surface area contributed by atoms with Gasteiger partial charge >= 0.3 is 0 Å². The Morgan fingerprint density at radius 2 is 1.95 bits per heavy atom. The molecule has 0 aromatic heterocycles. The fraction of sp³-hybridized carbons (Fsp3) is 0.923. The molecule has 0 radical (unpaired) electrons. The minimum Gasteiger partial charge on any atom is -0.394 e. The Morgan fingerprint density at radius 3 is 2.52 bits per heavy atom. The second kappa shape index (κ2) is 9.29. The standard InChI is InChI=1S/C13H25NO7/c1-3-4-19-5-6-20-13-10(14-8(2)16)12(18)11(17)9(7-15)21-13/h9-13,15,17-18H,3-7H2,1-2H3,(H,14,16)/t9-,10-,11+,12-,13+/m0/s1. The summed E-state index contributed by atoms with van der Waals surface area (Å²) in [5, 5.41) is 31.5.